The maximum Gasteiger partial charge on any atom is 0.375 e. The standard InChI is InChI=1S/C22H24FNO5/c1-12-9-17(15(4)24(12)13(2)10-27-5)19(25)11-28-22(26)20-14(3)16-7-6-8-18(23)21(16)29-20/h6-9,13H,10-11H2,1-5H3. The van der Waals surface area contributed by atoms with Crippen molar-refractivity contribution in [3.63, 3.8) is 0 Å². The molecule has 3 rings (SSSR count). The molecule has 0 saturated heterocycles. The Morgan fingerprint density at radius 2 is 1.97 bits per heavy atom. The number of para-hydroxylation sites is 1. The van der Waals surface area contributed by atoms with E-state index in [1.165, 1.54) is 6.07 Å². The van der Waals surface area contributed by atoms with E-state index in [1.807, 2.05) is 25.3 Å². The van der Waals surface area contributed by atoms with Gasteiger partial charge in [-0.05, 0) is 39.8 Å². The average molecular weight is 401 g/mol. The molecule has 0 N–H and O–H groups in total. The Balaban J connectivity index is 1.76. The lowest BCUT2D eigenvalue weighted by atomic mass is 10.1. The quantitative estimate of drug-likeness (QED) is 0.429. The van der Waals surface area contributed by atoms with Gasteiger partial charge in [0, 0.05) is 35.0 Å². The zero-order valence-corrected chi connectivity index (χ0v) is 17.2. The van der Waals surface area contributed by atoms with Crippen LogP contribution in [0.1, 0.15) is 50.8 Å². The van der Waals surface area contributed by atoms with Crippen LogP contribution < -0.4 is 0 Å². The summed E-state index contributed by atoms with van der Waals surface area (Å²) < 4.78 is 31.6. The second kappa shape index (κ2) is 8.21. The van der Waals surface area contributed by atoms with Crippen LogP contribution in [0, 0.1) is 26.6 Å². The molecule has 0 bridgehead atoms. The lowest BCUT2D eigenvalue weighted by molar-refractivity contribution is 0.0444. The van der Waals surface area contributed by atoms with Crippen molar-refractivity contribution in [3.05, 3.63) is 58.4 Å². The van der Waals surface area contributed by atoms with Crippen LogP contribution in [0.15, 0.2) is 28.7 Å². The number of halogens is 1. The van der Waals surface area contributed by atoms with Gasteiger partial charge in [0.2, 0.25) is 11.5 Å². The van der Waals surface area contributed by atoms with Crippen molar-refractivity contribution in [1.29, 1.82) is 0 Å². The molecule has 2 heterocycles. The molecule has 7 heteroatoms. The second-order valence-electron chi connectivity index (χ2n) is 7.13. The predicted octanol–water partition coefficient (Wildman–Crippen LogP) is 4.55. The third-order valence-corrected chi connectivity index (χ3v) is 5.07. The van der Waals surface area contributed by atoms with Gasteiger partial charge in [-0.2, -0.15) is 0 Å². The van der Waals surface area contributed by atoms with Gasteiger partial charge in [-0.15, -0.1) is 0 Å². The number of furan rings is 1. The van der Waals surface area contributed by atoms with Gasteiger partial charge >= 0.3 is 5.97 Å². The van der Waals surface area contributed by atoms with Gasteiger partial charge in [-0.3, -0.25) is 4.79 Å². The van der Waals surface area contributed by atoms with Gasteiger partial charge in [0.15, 0.2) is 18.0 Å². The van der Waals surface area contributed by atoms with E-state index < -0.39 is 18.4 Å². The molecule has 0 radical (unpaired) electrons. The van der Waals surface area contributed by atoms with Crippen LogP contribution in [-0.2, 0) is 9.47 Å². The third-order valence-electron chi connectivity index (χ3n) is 5.07. The Hall–Kier alpha value is -2.93. The summed E-state index contributed by atoms with van der Waals surface area (Å²) in [6, 6.07) is 6.30. The molecular weight excluding hydrogens is 377 g/mol. The monoisotopic (exact) mass is 401 g/mol. The number of hydrogen-bond acceptors (Lipinski definition) is 5. The Labute approximate surface area is 168 Å². The molecule has 0 fully saturated rings. The van der Waals surface area contributed by atoms with E-state index in [2.05, 4.69) is 0 Å². The number of methoxy groups -OCH3 is 1. The Bertz CT molecular complexity index is 1080. The molecule has 29 heavy (non-hydrogen) atoms. The van der Waals surface area contributed by atoms with Crippen LogP contribution in [0.2, 0.25) is 0 Å². The van der Waals surface area contributed by atoms with Gasteiger partial charge in [-0.1, -0.05) is 12.1 Å². The summed E-state index contributed by atoms with van der Waals surface area (Å²) in [6.45, 7) is 7.49. The molecule has 0 aliphatic rings. The molecular formula is C22H24FNO5. The molecule has 0 aliphatic carbocycles. The molecule has 1 unspecified atom stereocenters. The molecule has 1 aromatic carbocycles. The van der Waals surface area contributed by atoms with E-state index in [0.717, 1.165) is 11.4 Å². The minimum Gasteiger partial charge on any atom is -0.451 e. The van der Waals surface area contributed by atoms with Crippen molar-refractivity contribution in [2.24, 2.45) is 0 Å². The van der Waals surface area contributed by atoms with E-state index >= 15 is 0 Å². The maximum absolute atomic E-state index is 13.9. The number of aromatic nitrogens is 1. The fourth-order valence-electron chi connectivity index (χ4n) is 3.73. The number of ether oxygens (including phenoxy) is 2. The summed E-state index contributed by atoms with van der Waals surface area (Å²) in [5.74, 6) is -1.77. The van der Waals surface area contributed by atoms with Crippen LogP contribution in [0.25, 0.3) is 11.0 Å². The lowest BCUT2D eigenvalue weighted by Crippen LogP contribution is -2.17. The second-order valence-corrected chi connectivity index (χ2v) is 7.13. The minimum absolute atomic E-state index is 0.000970. The van der Waals surface area contributed by atoms with Gasteiger partial charge in [0.1, 0.15) is 0 Å². The number of carbonyl (C=O) groups is 2. The molecule has 0 amide bonds. The number of Topliss-reactive ketones (excluding diaryl/α,β-unsaturated/α-hetero) is 1. The zero-order chi connectivity index (χ0) is 21.3. The third kappa shape index (κ3) is 3.82. The summed E-state index contributed by atoms with van der Waals surface area (Å²) >= 11 is 0. The first kappa shape index (κ1) is 20.8. The molecule has 6 nitrogen and oxygen atoms in total. The SMILES string of the molecule is COCC(C)n1c(C)cc(C(=O)COC(=O)c2oc3c(F)cccc3c2C)c1C. The van der Waals surface area contributed by atoms with Crippen molar-refractivity contribution in [3.8, 4) is 0 Å². The van der Waals surface area contributed by atoms with Crippen LogP contribution in [0.5, 0.6) is 0 Å². The summed E-state index contributed by atoms with van der Waals surface area (Å²) in [6.07, 6.45) is 0. The molecule has 3 aromatic rings. The number of carbonyl (C=O) groups excluding carboxylic acids is 2. The first-order valence-corrected chi connectivity index (χ1v) is 9.31. The van der Waals surface area contributed by atoms with E-state index in [0.29, 0.717) is 23.1 Å². The molecule has 0 saturated carbocycles. The van der Waals surface area contributed by atoms with E-state index in [1.54, 1.807) is 32.2 Å². The summed E-state index contributed by atoms with van der Waals surface area (Å²) in [4.78, 5) is 25.1. The number of aryl methyl sites for hydroxylation is 2. The highest BCUT2D eigenvalue weighted by atomic mass is 19.1. The average Bonchev–Trinajstić information content (AvgIpc) is 3.17. The van der Waals surface area contributed by atoms with Gasteiger partial charge in [0.25, 0.3) is 0 Å². The van der Waals surface area contributed by atoms with Gasteiger partial charge in [0.05, 0.1) is 12.6 Å². The molecule has 0 aliphatic heterocycles. The fraction of sp³-hybridized carbons (Fsp3) is 0.364. The van der Waals surface area contributed by atoms with Crippen molar-refractivity contribution in [2.45, 2.75) is 33.7 Å². The Morgan fingerprint density at radius 1 is 1.24 bits per heavy atom. The highest BCUT2D eigenvalue weighted by Gasteiger charge is 2.23. The number of ketones is 1. The van der Waals surface area contributed by atoms with E-state index in [9.17, 15) is 14.0 Å². The first-order chi connectivity index (χ1) is 13.8. The molecule has 0 spiro atoms. The molecule has 1 atom stereocenters. The fourth-order valence-corrected chi connectivity index (χ4v) is 3.73. The Morgan fingerprint density at radius 3 is 2.62 bits per heavy atom. The first-order valence-electron chi connectivity index (χ1n) is 9.31. The van der Waals surface area contributed by atoms with Crippen LogP contribution in [-0.4, -0.2) is 36.6 Å². The number of esters is 1. The predicted molar refractivity (Wildman–Crippen MR) is 106 cm³/mol. The van der Waals surface area contributed by atoms with E-state index in [-0.39, 0.29) is 23.2 Å². The number of benzene rings is 1. The van der Waals surface area contributed by atoms with Gasteiger partial charge in [-0.25, -0.2) is 9.18 Å². The Kier molecular flexibility index (Phi) is 5.88. The smallest absolute Gasteiger partial charge is 0.375 e. The normalized spacial score (nSPS) is 12.3. The summed E-state index contributed by atoms with van der Waals surface area (Å²) in [5, 5.41) is 0.499. The minimum atomic E-state index is -0.798. The van der Waals surface area contributed by atoms with Gasteiger partial charge < -0.3 is 18.5 Å². The topological polar surface area (TPSA) is 70.7 Å². The number of rotatable bonds is 7. The number of hydrogen-bond donors (Lipinski definition) is 0. The largest absolute Gasteiger partial charge is 0.451 e. The zero-order valence-electron chi connectivity index (χ0n) is 17.2. The molecule has 2 aromatic heterocycles. The van der Waals surface area contributed by atoms with Crippen LogP contribution in [0.3, 0.4) is 0 Å². The van der Waals surface area contributed by atoms with Crippen LogP contribution >= 0.6 is 0 Å². The number of nitrogens with zero attached hydrogens (tertiary/aromatic N) is 1. The highest BCUT2D eigenvalue weighted by molar-refractivity contribution is 6.01. The van der Waals surface area contributed by atoms with Crippen molar-refractivity contribution >= 4 is 22.7 Å². The summed E-state index contributed by atoms with van der Waals surface area (Å²) in [5.41, 5.74) is 2.67. The summed E-state index contributed by atoms with van der Waals surface area (Å²) in [7, 11) is 1.63. The number of fused-ring (bicyclic) bond motifs is 1. The maximum atomic E-state index is 13.9. The lowest BCUT2D eigenvalue weighted by Gasteiger charge is -2.17. The van der Waals surface area contributed by atoms with E-state index in [4.69, 9.17) is 13.9 Å². The molecule has 154 valence electrons. The van der Waals surface area contributed by atoms with Crippen LogP contribution in [0.4, 0.5) is 4.39 Å². The van der Waals surface area contributed by atoms with Crippen molar-refractivity contribution in [1.82, 2.24) is 4.57 Å². The van der Waals surface area contributed by atoms with Crippen molar-refractivity contribution < 1.29 is 27.9 Å². The highest BCUT2D eigenvalue weighted by Crippen LogP contribution is 2.28. The van der Waals surface area contributed by atoms with Crippen molar-refractivity contribution in [2.75, 3.05) is 20.3 Å².